The average Bonchev–Trinajstić information content (AvgIpc) is 2.99. The molecule has 0 saturated carbocycles. The lowest BCUT2D eigenvalue weighted by molar-refractivity contribution is -0.131. The van der Waals surface area contributed by atoms with Crippen LogP contribution < -0.4 is 4.74 Å². The number of carbonyl (C=O) groups is 1. The monoisotopic (exact) mass is 371 g/mol. The highest BCUT2D eigenvalue weighted by atomic mass is 32.2. The van der Waals surface area contributed by atoms with Crippen molar-refractivity contribution >= 4 is 33.0 Å². The van der Waals surface area contributed by atoms with Gasteiger partial charge in [0.25, 0.3) is 10.0 Å². The van der Waals surface area contributed by atoms with Crippen LogP contribution in [0.3, 0.4) is 0 Å². The standard InChI is InChI=1S/C19H17NO5S/c1-13-3-7-16(8-4-13)26(23,24)20-12-14(5-10-19(21)22)17-11-15(25-2)6-9-18(17)20/h3-12H,1-2H3,(H,21,22)/b10-5+. The van der Waals surface area contributed by atoms with Crippen LogP contribution in [0.15, 0.2) is 59.6 Å². The Labute approximate surface area is 151 Å². The summed E-state index contributed by atoms with van der Waals surface area (Å²) in [6, 6.07) is 11.5. The van der Waals surface area contributed by atoms with E-state index in [0.29, 0.717) is 22.2 Å². The van der Waals surface area contributed by atoms with Gasteiger partial charge in [0.2, 0.25) is 0 Å². The van der Waals surface area contributed by atoms with E-state index >= 15 is 0 Å². The first kappa shape index (κ1) is 17.8. The molecule has 0 fully saturated rings. The van der Waals surface area contributed by atoms with E-state index in [2.05, 4.69) is 0 Å². The first-order valence-electron chi connectivity index (χ1n) is 7.75. The average molecular weight is 371 g/mol. The molecule has 7 heteroatoms. The minimum atomic E-state index is -3.83. The Hall–Kier alpha value is -3.06. The highest BCUT2D eigenvalue weighted by molar-refractivity contribution is 7.90. The molecular formula is C19H17NO5S. The van der Waals surface area contributed by atoms with Gasteiger partial charge in [-0.05, 0) is 43.3 Å². The number of nitrogens with zero attached hydrogens (tertiary/aromatic N) is 1. The Morgan fingerprint density at radius 2 is 1.85 bits per heavy atom. The Balaban J connectivity index is 2.25. The molecule has 0 aliphatic heterocycles. The maximum atomic E-state index is 13.1. The number of fused-ring (bicyclic) bond motifs is 1. The molecule has 0 aliphatic carbocycles. The number of aromatic nitrogens is 1. The normalized spacial score (nSPS) is 11.9. The highest BCUT2D eigenvalue weighted by Gasteiger charge is 2.21. The van der Waals surface area contributed by atoms with Crippen molar-refractivity contribution in [1.29, 1.82) is 0 Å². The van der Waals surface area contributed by atoms with E-state index in [1.807, 2.05) is 6.92 Å². The number of carboxylic acid groups (broad SMARTS) is 1. The summed E-state index contributed by atoms with van der Waals surface area (Å²) in [5, 5.41) is 9.46. The second-order valence-corrected chi connectivity index (χ2v) is 7.57. The molecule has 3 aromatic rings. The first-order chi connectivity index (χ1) is 12.3. The Morgan fingerprint density at radius 1 is 1.15 bits per heavy atom. The fraction of sp³-hybridized carbons (Fsp3) is 0.105. The van der Waals surface area contributed by atoms with Crippen molar-refractivity contribution in [2.24, 2.45) is 0 Å². The molecule has 0 saturated heterocycles. The van der Waals surface area contributed by atoms with E-state index < -0.39 is 16.0 Å². The number of aryl methyl sites for hydroxylation is 1. The Bertz CT molecular complexity index is 1110. The topological polar surface area (TPSA) is 85.6 Å². The molecule has 2 aromatic carbocycles. The highest BCUT2D eigenvalue weighted by Crippen LogP contribution is 2.30. The zero-order valence-corrected chi connectivity index (χ0v) is 15.0. The lowest BCUT2D eigenvalue weighted by atomic mass is 10.1. The van der Waals surface area contributed by atoms with Crippen molar-refractivity contribution in [3.05, 3.63) is 65.9 Å². The van der Waals surface area contributed by atoms with Crippen LogP contribution in [-0.4, -0.2) is 30.6 Å². The van der Waals surface area contributed by atoms with Crippen molar-refractivity contribution in [2.45, 2.75) is 11.8 Å². The summed E-state index contributed by atoms with van der Waals surface area (Å²) in [7, 11) is -2.32. The molecule has 134 valence electrons. The van der Waals surface area contributed by atoms with Gasteiger partial charge >= 0.3 is 5.97 Å². The molecule has 1 heterocycles. The molecule has 0 amide bonds. The smallest absolute Gasteiger partial charge is 0.328 e. The van der Waals surface area contributed by atoms with Gasteiger partial charge in [-0.2, -0.15) is 0 Å². The molecule has 0 spiro atoms. The van der Waals surface area contributed by atoms with Crippen molar-refractivity contribution in [1.82, 2.24) is 3.97 Å². The summed E-state index contributed by atoms with van der Waals surface area (Å²) in [6.45, 7) is 1.88. The van der Waals surface area contributed by atoms with Crippen molar-refractivity contribution in [3.8, 4) is 5.75 Å². The number of ether oxygens (including phenoxy) is 1. The summed E-state index contributed by atoms with van der Waals surface area (Å²) in [5.41, 5.74) is 1.87. The number of hydrogen-bond acceptors (Lipinski definition) is 4. The third-order valence-corrected chi connectivity index (χ3v) is 5.68. The number of carboxylic acids is 1. The number of rotatable bonds is 5. The van der Waals surface area contributed by atoms with E-state index in [9.17, 15) is 13.2 Å². The molecule has 1 aromatic heterocycles. The molecular weight excluding hydrogens is 354 g/mol. The third kappa shape index (κ3) is 3.21. The minimum absolute atomic E-state index is 0.157. The molecule has 0 radical (unpaired) electrons. The summed E-state index contributed by atoms with van der Waals surface area (Å²) < 4.78 is 32.5. The van der Waals surface area contributed by atoms with Crippen molar-refractivity contribution < 1.29 is 23.1 Å². The van der Waals surface area contributed by atoms with Crippen LogP contribution in [0.2, 0.25) is 0 Å². The van der Waals surface area contributed by atoms with Gasteiger partial charge in [-0.3, -0.25) is 0 Å². The molecule has 0 bridgehead atoms. The van der Waals surface area contributed by atoms with Crippen LogP contribution in [-0.2, 0) is 14.8 Å². The van der Waals surface area contributed by atoms with E-state index in [0.717, 1.165) is 15.6 Å². The van der Waals surface area contributed by atoms with Crippen LogP contribution in [0.25, 0.3) is 17.0 Å². The summed E-state index contributed by atoms with van der Waals surface area (Å²) in [5.74, 6) is -0.567. The maximum Gasteiger partial charge on any atom is 0.328 e. The van der Waals surface area contributed by atoms with Gasteiger partial charge in [0.05, 0.1) is 17.5 Å². The maximum absolute atomic E-state index is 13.1. The van der Waals surface area contributed by atoms with Gasteiger partial charge in [-0.1, -0.05) is 17.7 Å². The predicted molar refractivity (Wildman–Crippen MR) is 98.9 cm³/mol. The summed E-state index contributed by atoms with van der Waals surface area (Å²) >= 11 is 0. The van der Waals surface area contributed by atoms with E-state index in [-0.39, 0.29) is 4.90 Å². The van der Waals surface area contributed by atoms with Crippen molar-refractivity contribution in [2.75, 3.05) is 7.11 Å². The van der Waals surface area contributed by atoms with Gasteiger partial charge in [0.15, 0.2) is 0 Å². The number of hydrogen-bond donors (Lipinski definition) is 1. The Morgan fingerprint density at radius 3 is 2.46 bits per heavy atom. The quantitative estimate of drug-likeness (QED) is 0.696. The van der Waals surface area contributed by atoms with Crippen LogP contribution in [0, 0.1) is 6.92 Å². The van der Waals surface area contributed by atoms with Crippen LogP contribution in [0.1, 0.15) is 11.1 Å². The predicted octanol–water partition coefficient (Wildman–Crippen LogP) is 3.29. The third-order valence-electron chi connectivity index (χ3n) is 3.99. The van der Waals surface area contributed by atoms with Crippen LogP contribution >= 0.6 is 0 Å². The summed E-state index contributed by atoms with van der Waals surface area (Å²) in [4.78, 5) is 11.0. The lowest BCUT2D eigenvalue weighted by Gasteiger charge is -2.08. The zero-order chi connectivity index (χ0) is 18.9. The second kappa shape index (κ2) is 6.68. The number of benzene rings is 2. The van der Waals surface area contributed by atoms with Gasteiger partial charge in [0.1, 0.15) is 5.75 Å². The lowest BCUT2D eigenvalue weighted by Crippen LogP contribution is -2.11. The van der Waals surface area contributed by atoms with Crippen molar-refractivity contribution in [3.63, 3.8) is 0 Å². The molecule has 0 unspecified atom stereocenters. The molecule has 0 aliphatic rings. The van der Waals surface area contributed by atoms with Gasteiger partial charge in [-0.25, -0.2) is 17.2 Å². The number of aliphatic carboxylic acids is 1. The minimum Gasteiger partial charge on any atom is -0.497 e. The molecule has 3 rings (SSSR count). The van der Waals surface area contributed by atoms with E-state index in [1.54, 1.807) is 42.5 Å². The fourth-order valence-corrected chi connectivity index (χ4v) is 4.03. The first-order valence-corrected chi connectivity index (χ1v) is 9.19. The van der Waals surface area contributed by atoms with Gasteiger partial charge in [-0.15, -0.1) is 0 Å². The van der Waals surface area contributed by atoms with Gasteiger partial charge in [0, 0.05) is 23.2 Å². The SMILES string of the molecule is COc1ccc2c(c1)c(/C=C/C(=O)O)cn2S(=O)(=O)c1ccc(C)cc1. The Kier molecular flexibility index (Phi) is 4.56. The van der Waals surface area contributed by atoms with Gasteiger partial charge < -0.3 is 9.84 Å². The fourth-order valence-electron chi connectivity index (χ4n) is 2.65. The zero-order valence-electron chi connectivity index (χ0n) is 14.2. The molecule has 6 nitrogen and oxygen atoms in total. The molecule has 26 heavy (non-hydrogen) atoms. The van der Waals surface area contributed by atoms with Crippen LogP contribution in [0.5, 0.6) is 5.75 Å². The largest absolute Gasteiger partial charge is 0.497 e. The number of methoxy groups -OCH3 is 1. The van der Waals surface area contributed by atoms with E-state index in [4.69, 9.17) is 9.84 Å². The van der Waals surface area contributed by atoms with Crippen LogP contribution in [0.4, 0.5) is 0 Å². The molecule has 1 N–H and O–H groups in total. The summed E-state index contributed by atoms with van der Waals surface area (Å²) in [6.07, 6.45) is 3.75. The molecule has 0 atom stereocenters. The second-order valence-electron chi connectivity index (χ2n) is 5.75. The van der Waals surface area contributed by atoms with E-state index in [1.165, 1.54) is 19.4 Å².